The molecule has 1 atom stereocenters. The van der Waals surface area contributed by atoms with Gasteiger partial charge in [0.05, 0.1) is 11.8 Å². The van der Waals surface area contributed by atoms with Gasteiger partial charge in [0, 0.05) is 13.1 Å². The maximum absolute atomic E-state index is 11.7. The van der Waals surface area contributed by atoms with Gasteiger partial charge in [-0.15, -0.1) is 0 Å². The van der Waals surface area contributed by atoms with E-state index in [0.29, 0.717) is 6.54 Å². The quantitative estimate of drug-likeness (QED) is 0.584. The highest BCUT2D eigenvalue weighted by Crippen LogP contribution is 2.06. The Labute approximate surface area is 103 Å². The summed E-state index contributed by atoms with van der Waals surface area (Å²) in [4.78, 5) is 11.7. The van der Waals surface area contributed by atoms with E-state index in [1.165, 1.54) is 0 Å². The first-order valence-corrected chi connectivity index (χ1v) is 7.69. The van der Waals surface area contributed by atoms with Crippen LogP contribution in [-0.4, -0.2) is 45.8 Å². The number of nitrogens with one attached hydrogen (secondary N) is 3. The second kappa shape index (κ2) is 6.93. The van der Waals surface area contributed by atoms with Crippen molar-refractivity contribution in [2.24, 2.45) is 0 Å². The molecule has 1 saturated heterocycles. The van der Waals surface area contributed by atoms with Crippen LogP contribution in [0.4, 0.5) is 0 Å². The number of sulfonamides is 1. The molecule has 0 aromatic rings. The van der Waals surface area contributed by atoms with Gasteiger partial charge >= 0.3 is 0 Å². The van der Waals surface area contributed by atoms with Crippen molar-refractivity contribution in [3.63, 3.8) is 0 Å². The van der Waals surface area contributed by atoms with Crippen LogP contribution in [0.25, 0.3) is 0 Å². The van der Waals surface area contributed by atoms with Crippen LogP contribution < -0.4 is 15.4 Å². The van der Waals surface area contributed by atoms with Crippen LogP contribution in [0.1, 0.15) is 26.2 Å². The van der Waals surface area contributed by atoms with E-state index in [1.807, 2.05) is 0 Å². The zero-order valence-electron chi connectivity index (χ0n) is 10.2. The molecule has 0 aromatic heterocycles. The van der Waals surface area contributed by atoms with E-state index in [1.54, 1.807) is 6.92 Å². The second-order valence-corrected chi connectivity index (χ2v) is 6.04. The molecule has 1 aliphatic rings. The molecule has 7 heteroatoms. The third kappa shape index (κ3) is 5.47. The smallest absolute Gasteiger partial charge is 0.237 e. The van der Waals surface area contributed by atoms with Gasteiger partial charge in [0.25, 0.3) is 0 Å². The Morgan fingerprint density at radius 3 is 2.76 bits per heavy atom. The first-order chi connectivity index (χ1) is 8.05. The third-order valence-corrected chi connectivity index (χ3v) is 4.13. The molecule has 0 spiro atoms. The Balaban J connectivity index is 2.24. The van der Waals surface area contributed by atoms with E-state index in [0.717, 1.165) is 25.8 Å². The van der Waals surface area contributed by atoms with Gasteiger partial charge in [0.2, 0.25) is 15.9 Å². The molecular weight excluding hydrogens is 242 g/mol. The molecule has 0 aromatic carbocycles. The molecule has 0 saturated carbocycles. The van der Waals surface area contributed by atoms with E-state index < -0.39 is 10.0 Å². The SMILES string of the molecule is CCNS(=O)(=O)CCNC(=O)[C@H]1CCCCN1. The first-order valence-electron chi connectivity index (χ1n) is 6.03. The van der Waals surface area contributed by atoms with Crippen LogP contribution in [0.3, 0.4) is 0 Å². The maximum Gasteiger partial charge on any atom is 0.237 e. The molecule has 1 heterocycles. The minimum atomic E-state index is -3.24. The Bertz CT molecular complexity index is 337. The fourth-order valence-corrected chi connectivity index (χ4v) is 2.75. The molecule has 0 aliphatic carbocycles. The molecule has 1 amide bonds. The molecule has 0 radical (unpaired) electrons. The van der Waals surface area contributed by atoms with Crippen molar-refractivity contribution in [3.05, 3.63) is 0 Å². The molecule has 1 aliphatic heterocycles. The van der Waals surface area contributed by atoms with Gasteiger partial charge in [-0.3, -0.25) is 4.79 Å². The van der Waals surface area contributed by atoms with Gasteiger partial charge in [-0.2, -0.15) is 0 Å². The minimum absolute atomic E-state index is 0.0701. The molecule has 6 nitrogen and oxygen atoms in total. The lowest BCUT2D eigenvalue weighted by Crippen LogP contribution is -2.47. The number of carbonyl (C=O) groups is 1. The highest BCUT2D eigenvalue weighted by atomic mass is 32.2. The summed E-state index contributed by atoms with van der Waals surface area (Å²) in [6.45, 7) is 3.11. The van der Waals surface area contributed by atoms with E-state index in [9.17, 15) is 13.2 Å². The monoisotopic (exact) mass is 263 g/mol. The van der Waals surface area contributed by atoms with Gasteiger partial charge in [0.1, 0.15) is 0 Å². The summed E-state index contributed by atoms with van der Waals surface area (Å²) in [6.07, 6.45) is 2.96. The van der Waals surface area contributed by atoms with Gasteiger partial charge < -0.3 is 10.6 Å². The number of amides is 1. The van der Waals surface area contributed by atoms with Crippen LogP contribution in [0.2, 0.25) is 0 Å². The Kier molecular flexibility index (Phi) is 5.87. The largest absolute Gasteiger partial charge is 0.354 e. The normalized spacial score (nSPS) is 21.1. The average molecular weight is 263 g/mol. The highest BCUT2D eigenvalue weighted by molar-refractivity contribution is 7.89. The summed E-state index contributed by atoms with van der Waals surface area (Å²) in [7, 11) is -3.24. The fraction of sp³-hybridized carbons (Fsp3) is 0.900. The van der Waals surface area contributed by atoms with Crippen molar-refractivity contribution in [2.45, 2.75) is 32.2 Å². The summed E-state index contributed by atoms with van der Waals surface area (Å²) in [5.74, 6) is -0.171. The van der Waals surface area contributed by atoms with Crippen molar-refractivity contribution in [3.8, 4) is 0 Å². The summed E-state index contributed by atoms with van der Waals surface area (Å²) < 4.78 is 25.0. The Morgan fingerprint density at radius 1 is 1.41 bits per heavy atom. The topological polar surface area (TPSA) is 87.3 Å². The van der Waals surface area contributed by atoms with E-state index in [4.69, 9.17) is 0 Å². The lowest BCUT2D eigenvalue weighted by molar-refractivity contribution is -0.123. The minimum Gasteiger partial charge on any atom is -0.354 e. The second-order valence-electron chi connectivity index (χ2n) is 4.11. The summed E-state index contributed by atoms with van der Waals surface area (Å²) in [5.41, 5.74) is 0. The molecular formula is C10H21N3O3S. The van der Waals surface area contributed by atoms with Gasteiger partial charge in [-0.25, -0.2) is 13.1 Å². The van der Waals surface area contributed by atoms with Crippen molar-refractivity contribution in [1.82, 2.24) is 15.4 Å². The van der Waals surface area contributed by atoms with Crippen molar-refractivity contribution in [2.75, 3.05) is 25.4 Å². The Hall–Kier alpha value is -0.660. The zero-order valence-corrected chi connectivity index (χ0v) is 11.0. The van der Waals surface area contributed by atoms with E-state index in [-0.39, 0.29) is 24.2 Å². The lowest BCUT2D eigenvalue weighted by atomic mass is 10.0. The number of carbonyl (C=O) groups excluding carboxylic acids is 1. The molecule has 1 rings (SSSR count). The van der Waals surface area contributed by atoms with Crippen molar-refractivity contribution >= 4 is 15.9 Å². The standard InChI is InChI=1S/C10H21N3O3S/c1-2-13-17(15,16)8-7-12-10(14)9-5-3-4-6-11-9/h9,11,13H,2-8H2,1H3,(H,12,14)/t9-/m1/s1. The lowest BCUT2D eigenvalue weighted by Gasteiger charge is -2.22. The van der Waals surface area contributed by atoms with Gasteiger partial charge in [-0.05, 0) is 19.4 Å². The number of rotatable bonds is 6. The highest BCUT2D eigenvalue weighted by Gasteiger charge is 2.20. The van der Waals surface area contributed by atoms with Crippen LogP contribution in [0, 0.1) is 0 Å². The molecule has 100 valence electrons. The predicted octanol–water partition coefficient (Wildman–Crippen LogP) is -0.816. The van der Waals surface area contributed by atoms with Crippen molar-refractivity contribution < 1.29 is 13.2 Å². The average Bonchev–Trinajstić information content (AvgIpc) is 2.29. The number of hydrogen-bond acceptors (Lipinski definition) is 4. The molecule has 1 fully saturated rings. The maximum atomic E-state index is 11.7. The van der Waals surface area contributed by atoms with Crippen LogP contribution in [-0.2, 0) is 14.8 Å². The van der Waals surface area contributed by atoms with Crippen molar-refractivity contribution in [1.29, 1.82) is 0 Å². The summed E-state index contributed by atoms with van der Waals surface area (Å²) >= 11 is 0. The first kappa shape index (κ1) is 14.4. The fourth-order valence-electron chi connectivity index (χ4n) is 1.80. The zero-order chi connectivity index (χ0) is 12.7. The summed E-state index contributed by atoms with van der Waals surface area (Å²) in [6, 6.07) is -0.161. The molecule has 17 heavy (non-hydrogen) atoms. The van der Waals surface area contributed by atoms with E-state index in [2.05, 4.69) is 15.4 Å². The number of piperidine rings is 1. The van der Waals surface area contributed by atoms with Gasteiger partial charge in [-0.1, -0.05) is 13.3 Å². The molecule has 0 unspecified atom stereocenters. The number of hydrogen-bond donors (Lipinski definition) is 3. The molecule has 0 bridgehead atoms. The predicted molar refractivity (Wildman–Crippen MR) is 66.1 cm³/mol. The van der Waals surface area contributed by atoms with Crippen LogP contribution in [0.15, 0.2) is 0 Å². The third-order valence-electron chi connectivity index (χ3n) is 2.66. The Morgan fingerprint density at radius 2 is 2.18 bits per heavy atom. The van der Waals surface area contributed by atoms with Gasteiger partial charge in [0.15, 0.2) is 0 Å². The summed E-state index contributed by atoms with van der Waals surface area (Å²) in [5, 5.41) is 5.76. The molecule has 3 N–H and O–H groups in total. The van der Waals surface area contributed by atoms with E-state index >= 15 is 0 Å². The van der Waals surface area contributed by atoms with Crippen LogP contribution >= 0.6 is 0 Å². The van der Waals surface area contributed by atoms with Crippen LogP contribution in [0.5, 0.6) is 0 Å².